The Morgan fingerprint density at radius 1 is 0.842 bits per heavy atom. The van der Waals surface area contributed by atoms with E-state index < -0.39 is 0 Å². The Labute approximate surface area is 226 Å². The third kappa shape index (κ3) is 4.53. The Balaban J connectivity index is 1.40. The van der Waals surface area contributed by atoms with Crippen molar-refractivity contribution in [2.75, 3.05) is 4.90 Å². The number of rotatable bonds is 6. The number of hydrogen-bond donors (Lipinski definition) is 1. The zero-order chi connectivity index (χ0) is 26.1. The molecule has 0 bridgehead atoms. The number of ether oxygens (including phenoxy) is 1. The first kappa shape index (κ1) is 23.9. The summed E-state index contributed by atoms with van der Waals surface area (Å²) in [5.41, 5.74) is 4.75. The number of halogens is 1. The highest BCUT2D eigenvalue weighted by molar-refractivity contribution is 7.80. The summed E-state index contributed by atoms with van der Waals surface area (Å²) in [4.78, 5) is 6.75. The SMILES string of the molecule is Cc1ccccc1Oc1ccc(N2C(=S)N[C@H](c3ccccn3)[C@H]2c2cccn2-c2ccc(F)cc2)cc1. The molecule has 38 heavy (non-hydrogen) atoms. The summed E-state index contributed by atoms with van der Waals surface area (Å²) < 4.78 is 21.9. The second-order valence-electron chi connectivity index (χ2n) is 9.14. The Hall–Kier alpha value is -4.49. The normalized spacial score (nSPS) is 16.9. The molecule has 0 spiro atoms. The molecule has 0 saturated carbocycles. The van der Waals surface area contributed by atoms with Gasteiger partial charge in [-0.2, -0.15) is 0 Å². The number of aryl methyl sites for hydroxylation is 1. The van der Waals surface area contributed by atoms with Gasteiger partial charge in [-0.3, -0.25) is 4.98 Å². The summed E-state index contributed by atoms with van der Waals surface area (Å²) in [6.45, 7) is 2.02. The monoisotopic (exact) mass is 520 g/mol. The lowest BCUT2D eigenvalue weighted by atomic mass is 10.0. The molecule has 6 rings (SSSR count). The van der Waals surface area contributed by atoms with E-state index in [1.165, 1.54) is 12.1 Å². The minimum Gasteiger partial charge on any atom is -0.457 e. The Kier molecular flexibility index (Phi) is 6.35. The van der Waals surface area contributed by atoms with Gasteiger partial charge in [0.05, 0.1) is 11.7 Å². The van der Waals surface area contributed by atoms with E-state index in [9.17, 15) is 4.39 Å². The van der Waals surface area contributed by atoms with E-state index in [0.29, 0.717) is 5.11 Å². The second kappa shape index (κ2) is 10.1. The fourth-order valence-electron chi connectivity index (χ4n) is 4.88. The van der Waals surface area contributed by atoms with Crippen molar-refractivity contribution in [1.82, 2.24) is 14.9 Å². The van der Waals surface area contributed by atoms with E-state index in [1.54, 1.807) is 18.3 Å². The van der Waals surface area contributed by atoms with Crippen molar-refractivity contribution < 1.29 is 9.13 Å². The minimum atomic E-state index is -0.271. The number of nitrogens with zero attached hydrogens (tertiary/aromatic N) is 3. The number of nitrogens with one attached hydrogen (secondary N) is 1. The van der Waals surface area contributed by atoms with Crippen LogP contribution in [0.1, 0.15) is 29.0 Å². The fourth-order valence-corrected chi connectivity index (χ4v) is 5.22. The number of pyridine rings is 1. The molecule has 5 nitrogen and oxygen atoms in total. The quantitative estimate of drug-likeness (QED) is 0.238. The molecule has 1 fully saturated rings. The predicted molar refractivity (Wildman–Crippen MR) is 151 cm³/mol. The van der Waals surface area contributed by atoms with Gasteiger partial charge in [-0.15, -0.1) is 0 Å². The zero-order valence-corrected chi connectivity index (χ0v) is 21.5. The lowest BCUT2D eigenvalue weighted by molar-refractivity contribution is 0.479. The van der Waals surface area contributed by atoms with Crippen LogP contribution in [-0.4, -0.2) is 14.7 Å². The third-order valence-corrected chi connectivity index (χ3v) is 7.04. The molecule has 188 valence electrons. The van der Waals surface area contributed by atoms with Gasteiger partial charge in [0.2, 0.25) is 0 Å². The highest BCUT2D eigenvalue weighted by atomic mass is 32.1. The molecule has 2 atom stereocenters. The number of anilines is 1. The van der Waals surface area contributed by atoms with E-state index in [-0.39, 0.29) is 17.9 Å². The van der Waals surface area contributed by atoms with E-state index in [0.717, 1.165) is 39.8 Å². The molecule has 0 aliphatic carbocycles. The number of para-hydroxylation sites is 1. The largest absolute Gasteiger partial charge is 0.457 e. The van der Waals surface area contributed by atoms with E-state index in [1.807, 2.05) is 85.9 Å². The fraction of sp³-hybridized carbons (Fsp3) is 0.0968. The van der Waals surface area contributed by atoms with Crippen molar-refractivity contribution in [2.45, 2.75) is 19.0 Å². The molecule has 1 N–H and O–H groups in total. The van der Waals surface area contributed by atoms with Gasteiger partial charge in [0, 0.05) is 29.5 Å². The van der Waals surface area contributed by atoms with Gasteiger partial charge in [-0.1, -0.05) is 24.3 Å². The number of thiocarbonyl (C=S) groups is 1. The van der Waals surface area contributed by atoms with Crippen LogP contribution in [0.15, 0.2) is 116 Å². The predicted octanol–water partition coefficient (Wildman–Crippen LogP) is 7.29. The summed E-state index contributed by atoms with van der Waals surface area (Å²) in [5.74, 6) is 1.30. The first-order chi connectivity index (χ1) is 18.6. The van der Waals surface area contributed by atoms with Crippen LogP contribution < -0.4 is 15.0 Å². The number of benzene rings is 3. The molecule has 1 aliphatic heterocycles. The first-order valence-electron chi connectivity index (χ1n) is 12.4. The van der Waals surface area contributed by atoms with Crippen LogP contribution in [0.3, 0.4) is 0 Å². The van der Waals surface area contributed by atoms with Gasteiger partial charge in [-0.25, -0.2) is 4.39 Å². The van der Waals surface area contributed by atoms with Gasteiger partial charge < -0.3 is 19.5 Å². The molecule has 2 aromatic heterocycles. The molecule has 0 unspecified atom stereocenters. The van der Waals surface area contributed by atoms with E-state index >= 15 is 0 Å². The van der Waals surface area contributed by atoms with Crippen molar-refractivity contribution in [1.29, 1.82) is 0 Å². The van der Waals surface area contributed by atoms with Crippen LogP contribution in [0.2, 0.25) is 0 Å². The highest BCUT2D eigenvalue weighted by Gasteiger charge is 2.42. The summed E-state index contributed by atoms with van der Waals surface area (Å²) >= 11 is 5.88. The van der Waals surface area contributed by atoms with Crippen molar-refractivity contribution in [2.24, 2.45) is 0 Å². The van der Waals surface area contributed by atoms with Gasteiger partial charge in [0.25, 0.3) is 0 Å². The average molecular weight is 521 g/mol. The van der Waals surface area contributed by atoms with Crippen LogP contribution >= 0.6 is 12.2 Å². The molecule has 3 aromatic carbocycles. The van der Waals surface area contributed by atoms with Crippen molar-refractivity contribution >= 4 is 23.0 Å². The van der Waals surface area contributed by atoms with Crippen molar-refractivity contribution in [3.05, 3.63) is 138 Å². The summed E-state index contributed by atoms with van der Waals surface area (Å²) in [6.07, 6.45) is 3.77. The molecular formula is C31H25FN4OS. The number of hydrogen-bond acceptors (Lipinski definition) is 3. The molecule has 3 heterocycles. The third-order valence-electron chi connectivity index (χ3n) is 6.72. The second-order valence-corrected chi connectivity index (χ2v) is 9.52. The van der Waals surface area contributed by atoms with Crippen LogP contribution in [0, 0.1) is 12.7 Å². The van der Waals surface area contributed by atoms with E-state index in [4.69, 9.17) is 17.0 Å². The lowest BCUT2D eigenvalue weighted by Gasteiger charge is -2.29. The molecule has 1 saturated heterocycles. The van der Waals surface area contributed by atoms with Crippen LogP contribution in [-0.2, 0) is 0 Å². The van der Waals surface area contributed by atoms with Gasteiger partial charge >= 0.3 is 0 Å². The summed E-state index contributed by atoms with van der Waals surface area (Å²) in [7, 11) is 0. The summed E-state index contributed by atoms with van der Waals surface area (Å²) in [5, 5.41) is 4.10. The maximum absolute atomic E-state index is 13.7. The standard InChI is InChI=1S/C31H25FN4OS/c1-21-7-2-3-10-28(21)37-25-17-15-24(16-18-25)36-30(29(34-31(36)38)26-8-4-5-19-33-26)27-9-6-20-35(27)23-13-11-22(32)12-14-23/h2-20,29-30H,1H3,(H,34,38)/t29-,30-/m1/s1. The molecular weight excluding hydrogens is 495 g/mol. The van der Waals surface area contributed by atoms with Crippen LogP contribution in [0.5, 0.6) is 11.5 Å². The van der Waals surface area contributed by atoms with Gasteiger partial charge in [-0.05, 0) is 104 Å². The Morgan fingerprint density at radius 3 is 2.32 bits per heavy atom. The van der Waals surface area contributed by atoms with Crippen LogP contribution in [0.4, 0.5) is 10.1 Å². The van der Waals surface area contributed by atoms with Crippen LogP contribution in [0.25, 0.3) is 5.69 Å². The van der Waals surface area contributed by atoms with Gasteiger partial charge in [0.15, 0.2) is 5.11 Å². The average Bonchev–Trinajstić information content (AvgIpc) is 3.56. The highest BCUT2D eigenvalue weighted by Crippen LogP contribution is 2.42. The lowest BCUT2D eigenvalue weighted by Crippen LogP contribution is -2.30. The molecule has 1 aliphatic rings. The molecule has 5 aromatic rings. The molecule has 0 radical (unpaired) electrons. The molecule has 7 heteroatoms. The maximum Gasteiger partial charge on any atom is 0.174 e. The van der Waals surface area contributed by atoms with Gasteiger partial charge in [0.1, 0.15) is 23.4 Å². The Morgan fingerprint density at radius 2 is 1.58 bits per heavy atom. The molecule has 0 amide bonds. The van der Waals surface area contributed by atoms with Crippen molar-refractivity contribution in [3.63, 3.8) is 0 Å². The number of aromatic nitrogens is 2. The van der Waals surface area contributed by atoms with Crippen molar-refractivity contribution in [3.8, 4) is 17.2 Å². The Bertz CT molecular complexity index is 1570. The van der Waals surface area contributed by atoms with E-state index in [2.05, 4.69) is 25.8 Å². The summed E-state index contributed by atoms with van der Waals surface area (Å²) in [6, 6.07) is 31.9. The smallest absolute Gasteiger partial charge is 0.174 e. The first-order valence-corrected chi connectivity index (χ1v) is 12.8. The minimum absolute atomic E-state index is 0.194. The maximum atomic E-state index is 13.7. The zero-order valence-electron chi connectivity index (χ0n) is 20.7. The topological polar surface area (TPSA) is 42.3 Å².